The van der Waals surface area contributed by atoms with Gasteiger partial charge in [-0.2, -0.15) is 4.72 Å². The zero-order valence-electron chi connectivity index (χ0n) is 21.0. The predicted octanol–water partition coefficient (Wildman–Crippen LogP) is 5.04. The van der Waals surface area contributed by atoms with Crippen molar-refractivity contribution in [1.82, 2.24) is 14.6 Å². The zero-order valence-corrected chi connectivity index (χ0v) is 22.6. The maximum Gasteiger partial charge on any atom is 0.248 e. The van der Waals surface area contributed by atoms with E-state index in [1.165, 1.54) is 78.0 Å². The van der Waals surface area contributed by atoms with Gasteiger partial charge in [0.1, 0.15) is 11.8 Å². The number of benzene rings is 1. The number of hydrogen-bond acceptors (Lipinski definition) is 6. The van der Waals surface area contributed by atoms with Crippen LogP contribution in [0.2, 0.25) is 0 Å². The molecule has 0 radical (unpaired) electrons. The second-order valence-electron chi connectivity index (χ2n) is 8.67. The van der Waals surface area contributed by atoms with Crippen LogP contribution in [0.3, 0.4) is 0 Å². The van der Waals surface area contributed by atoms with Crippen LogP contribution in [0, 0.1) is 0 Å². The third-order valence-corrected chi connectivity index (χ3v) is 7.98. The monoisotopic (exact) mass is 567 g/mol. The van der Waals surface area contributed by atoms with Gasteiger partial charge in [0.05, 0.1) is 30.1 Å². The molecule has 8 nitrogen and oxygen atoms in total. The van der Waals surface area contributed by atoms with Gasteiger partial charge < -0.3 is 14.3 Å². The minimum Gasteiger partial charge on any atom is -0.467 e. The minimum absolute atomic E-state index is 0.0891. The van der Waals surface area contributed by atoms with Gasteiger partial charge in [0.15, 0.2) is 0 Å². The number of amides is 1. The van der Waals surface area contributed by atoms with E-state index in [0.29, 0.717) is 16.7 Å². The number of carbonyl (C=O) groups excluding carboxylic acids is 1. The molecule has 4 rings (SSSR count). The molecule has 39 heavy (non-hydrogen) atoms. The van der Waals surface area contributed by atoms with Gasteiger partial charge in [0.2, 0.25) is 21.5 Å². The second kappa shape index (κ2) is 12.2. The van der Waals surface area contributed by atoms with E-state index in [1.54, 1.807) is 12.1 Å². The number of fused-ring (bicyclic) bond motifs is 1. The number of thiophene rings is 1. The van der Waals surface area contributed by atoms with Crippen LogP contribution < -0.4 is 10.3 Å². The molecule has 0 aliphatic heterocycles. The lowest BCUT2D eigenvalue weighted by Crippen LogP contribution is -2.48. The fourth-order valence-corrected chi connectivity index (χ4v) is 5.73. The first-order valence-corrected chi connectivity index (χ1v) is 14.2. The molecule has 1 atom stereocenters. The van der Waals surface area contributed by atoms with Crippen LogP contribution in [0.5, 0.6) is 0 Å². The summed E-state index contributed by atoms with van der Waals surface area (Å²) in [5.74, 6) is -0.514. The van der Waals surface area contributed by atoms with Crippen molar-refractivity contribution >= 4 is 38.2 Å². The lowest BCUT2D eigenvalue weighted by Gasteiger charge is -2.27. The molecule has 1 amide bonds. The van der Waals surface area contributed by atoms with Crippen LogP contribution in [0.25, 0.3) is 10.9 Å². The summed E-state index contributed by atoms with van der Waals surface area (Å²) < 4.78 is 48.2. The van der Waals surface area contributed by atoms with Crippen molar-refractivity contribution in [3.05, 3.63) is 123 Å². The topological polar surface area (TPSA) is 112 Å². The van der Waals surface area contributed by atoms with Gasteiger partial charge in [-0.3, -0.25) is 9.59 Å². The van der Waals surface area contributed by atoms with Gasteiger partial charge in [0, 0.05) is 16.5 Å². The molecule has 11 heteroatoms. The van der Waals surface area contributed by atoms with E-state index in [0.717, 1.165) is 4.88 Å². The summed E-state index contributed by atoms with van der Waals surface area (Å²) in [7, 11) is -4.24. The number of furan rings is 1. The van der Waals surface area contributed by atoms with Crippen molar-refractivity contribution in [2.75, 3.05) is 0 Å². The second-order valence-corrected chi connectivity index (χ2v) is 11.4. The van der Waals surface area contributed by atoms with Crippen LogP contribution in [0.15, 0.2) is 117 Å². The number of nitrogens with one attached hydrogen (secondary N) is 2. The molecule has 3 aromatic heterocycles. The van der Waals surface area contributed by atoms with E-state index in [-0.39, 0.29) is 29.1 Å². The average molecular weight is 568 g/mol. The Hall–Kier alpha value is -4.06. The van der Waals surface area contributed by atoms with Crippen LogP contribution in [-0.4, -0.2) is 30.3 Å². The van der Waals surface area contributed by atoms with Crippen molar-refractivity contribution < 1.29 is 22.0 Å². The van der Waals surface area contributed by atoms with Crippen LogP contribution in [0.4, 0.5) is 4.39 Å². The maximum absolute atomic E-state index is 13.9. The predicted molar refractivity (Wildman–Crippen MR) is 149 cm³/mol. The fourth-order valence-electron chi connectivity index (χ4n) is 3.78. The molecule has 0 bridgehead atoms. The maximum atomic E-state index is 13.9. The summed E-state index contributed by atoms with van der Waals surface area (Å²) in [5.41, 5.74) is 0.266. The van der Waals surface area contributed by atoms with Crippen molar-refractivity contribution in [1.29, 1.82) is 0 Å². The highest BCUT2D eigenvalue weighted by molar-refractivity contribution is 7.89. The Morgan fingerprint density at radius 3 is 2.72 bits per heavy atom. The summed E-state index contributed by atoms with van der Waals surface area (Å²) >= 11 is 1.46. The molecule has 0 fully saturated rings. The number of halogens is 1. The third kappa shape index (κ3) is 7.29. The number of aromatic nitrogens is 1. The van der Waals surface area contributed by atoms with Gasteiger partial charge in [-0.1, -0.05) is 24.8 Å². The molecule has 2 N–H and O–H groups in total. The minimum atomic E-state index is -4.24. The number of sulfonamides is 1. The Morgan fingerprint density at radius 2 is 2.03 bits per heavy atom. The zero-order chi connectivity index (χ0) is 28.0. The van der Waals surface area contributed by atoms with Crippen LogP contribution >= 0.6 is 11.3 Å². The molecule has 202 valence electrons. The van der Waals surface area contributed by atoms with Gasteiger partial charge >= 0.3 is 0 Å². The third-order valence-electron chi connectivity index (χ3n) is 5.70. The number of allylic oxidation sites excluding steroid dienone is 3. The first-order valence-electron chi connectivity index (χ1n) is 11.8. The largest absolute Gasteiger partial charge is 0.467 e. The molecule has 0 saturated heterocycles. The quantitative estimate of drug-likeness (QED) is 0.247. The van der Waals surface area contributed by atoms with Gasteiger partial charge in [-0.15, -0.1) is 11.3 Å². The summed E-state index contributed by atoms with van der Waals surface area (Å²) in [6.07, 6.45) is 5.41. The van der Waals surface area contributed by atoms with E-state index in [4.69, 9.17) is 4.42 Å². The number of rotatable bonds is 11. The van der Waals surface area contributed by atoms with E-state index in [9.17, 15) is 22.4 Å². The average Bonchev–Trinajstić information content (AvgIpc) is 3.60. The van der Waals surface area contributed by atoms with Crippen LogP contribution in [0.1, 0.15) is 17.6 Å². The Morgan fingerprint density at radius 1 is 1.21 bits per heavy atom. The fraction of sp³-hybridized carbons (Fsp3) is 0.143. The van der Waals surface area contributed by atoms with Crippen molar-refractivity contribution in [3.8, 4) is 0 Å². The smallest absolute Gasteiger partial charge is 0.248 e. The summed E-state index contributed by atoms with van der Waals surface area (Å²) in [5, 5.41) is 2.38. The Balaban J connectivity index is 1.70. The Labute approximate surface area is 228 Å². The molecular weight excluding hydrogens is 541 g/mol. The van der Waals surface area contributed by atoms with E-state index >= 15 is 0 Å². The number of aromatic amines is 1. The van der Waals surface area contributed by atoms with Gasteiger partial charge in [-0.25, -0.2) is 12.8 Å². The van der Waals surface area contributed by atoms with E-state index in [1.807, 2.05) is 17.5 Å². The number of nitrogens with zero attached hydrogens (tertiary/aromatic N) is 1. The highest BCUT2D eigenvalue weighted by atomic mass is 32.2. The van der Waals surface area contributed by atoms with Crippen molar-refractivity contribution in [2.24, 2.45) is 0 Å². The number of carbonyl (C=O) groups is 1. The standard InChI is InChI=1S/C28H26FN3O5S2/c1-19(6-3-7-20(2)29)27(28(34)32(17-22-8-4-14-37-22)18-23-9-5-15-38-23)31-39(35,36)24-11-12-25-21(16-24)10-13-26(33)30-25/h3-16,27,31H,1,17-18H2,2H3,(H,30,33)/b6-3-,20-7+/t27-/m1/s1. The SMILES string of the molecule is C=C(/C=C\C=C(/C)F)[C@@H](NS(=O)(=O)c1ccc2[nH]c(=O)ccc2c1)C(=O)N(Cc1ccco1)Cc1cccs1. The Bertz CT molecular complexity index is 1650. The molecule has 4 aromatic rings. The molecule has 0 unspecified atom stereocenters. The van der Waals surface area contributed by atoms with E-state index < -0.39 is 27.8 Å². The number of pyridine rings is 1. The number of hydrogen-bond donors (Lipinski definition) is 2. The molecule has 0 saturated carbocycles. The number of H-pyrrole nitrogens is 1. The van der Waals surface area contributed by atoms with Crippen LogP contribution in [-0.2, 0) is 27.9 Å². The summed E-state index contributed by atoms with van der Waals surface area (Å²) in [4.78, 5) is 30.4. The first-order chi connectivity index (χ1) is 18.6. The molecular formula is C28H26FN3O5S2. The first kappa shape index (κ1) is 28.0. The molecule has 3 heterocycles. The normalized spacial score (nSPS) is 13.1. The highest BCUT2D eigenvalue weighted by Crippen LogP contribution is 2.21. The van der Waals surface area contributed by atoms with Gasteiger partial charge in [-0.05, 0) is 71.8 Å². The lowest BCUT2D eigenvalue weighted by molar-refractivity contribution is -0.133. The molecule has 0 aliphatic carbocycles. The molecule has 1 aromatic carbocycles. The van der Waals surface area contributed by atoms with Crippen molar-refractivity contribution in [3.63, 3.8) is 0 Å². The van der Waals surface area contributed by atoms with Crippen molar-refractivity contribution in [2.45, 2.75) is 31.0 Å². The molecule has 0 aliphatic rings. The van der Waals surface area contributed by atoms with Gasteiger partial charge in [0.25, 0.3) is 0 Å². The highest BCUT2D eigenvalue weighted by Gasteiger charge is 2.31. The lowest BCUT2D eigenvalue weighted by atomic mass is 10.1. The summed E-state index contributed by atoms with van der Waals surface area (Å²) in [6, 6.07) is 12.8. The van der Waals surface area contributed by atoms with E-state index in [2.05, 4.69) is 16.3 Å². The molecule has 0 spiro atoms. The summed E-state index contributed by atoms with van der Waals surface area (Å²) in [6.45, 7) is 5.47. The Kier molecular flexibility index (Phi) is 8.75.